The number of para-hydroxylation sites is 1. The van der Waals surface area contributed by atoms with Crippen molar-refractivity contribution in [3.05, 3.63) is 42.2 Å². The Bertz CT molecular complexity index is 716. The third-order valence-electron chi connectivity index (χ3n) is 6.17. The van der Waals surface area contributed by atoms with Crippen LogP contribution in [0.3, 0.4) is 0 Å². The molecule has 2 rings (SSSR count). The van der Waals surface area contributed by atoms with Crippen LogP contribution in [0.1, 0.15) is 104 Å². The van der Waals surface area contributed by atoms with Crippen LogP contribution in [-0.2, 0) is 6.42 Å². The van der Waals surface area contributed by atoms with Crippen molar-refractivity contribution < 1.29 is 4.74 Å². The second-order valence-corrected chi connectivity index (χ2v) is 8.95. The lowest BCUT2D eigenvalue weighted by molar-refractivity contribution is 0.303. The van der Waals surface area contributed by atoms with E-state index in [4.69, 9.17) is 9.72 Å². The topological polar surface area (TPSA) is 35.0 Å². The predicted octanol–water partition coefficient (Wildman–Crippen LogP) is 8.42. The second-order valence-electron chi connectivity index (χ2n) is 8.95. The van der Waals surface area contributed by atoms with Crippen molar-refractivity contribution in [2.45, 2.75) is 104 Å². The quantitative estimate of drug-likeness (QED) is 0.239. The van der Waals surface area contributed by atoms with Gasteiger partial charge in [-0.25, -0.2) is 9.97 Å². The molecule has 172 valence electrons. The largest absolute Gasteiger partial charge is 0.493 e. The van der Waals surface area contributed by atoms with Gasteiger partial charge in [0.1, 0.15) is 5.75 Å². The molecule has 1 aromatic carbocycles. The van der Waals surface area contributed by atoms with E-state index in [1.54, 1.807) is 0 Å². The van der Waals surface area contributed by atoms with Gasteiger partial charge in [0, 0.05) is 11.9 Å². The van der Waals surface area contributed by atoms with Gasteiger partial charge in [-0.3, -0.25) is 0 Å². The number of aryl methyl sites for hydroxylation is 1. The summed E-state index contributed by atoms with van der Waals surface area (Å²) in [6.45, 7) is 7.64. The monoisotopic (exact) mass is 424 g/mol. The summed E-state index contributed by atoms with van der Waals surface area (Å²) in [6.07, 6.45) is 18.4. The summed E-state index contributed by atoms with van der Waals surface area (Å²) in [4.78, 5) is 9.39. The first-order valence-corrected chi connectivity index (χ1v) is 12.8. The molecule has 0 aliphatic heterocycles. The number of nitrogens with zero attached hydrogens (tertiary/aromatic N) is 2. The maximum Gasteiger partial charge on any atom is 0.163 e. The number of unbranched alkanes of at least 4 members (excludes halogenated alkanes) is 8. The minimum absolute atomic E-state index is 0.759. The van der Waals surface area contributed by atoms with E-state index in [9.17, 15) is 0 Å². The maximum atomic E-state index is 6.13. The molecule has 1 aromatic heterocycles. The SMILES string of the molecule is CCCCCCCCCc1ccnc(-c2ccccc2OCCCCCC(C)CC)n1. The molecule has 3 nitrogen and oxygen atoms in total. The van der Waals surface area contributed by atoms with Gasteiger partial charge in [0.05, 0.1) is 12.2 Å². The molecular weight excluding hydrogens is 380 g/mol. The first kappa shape index (κ1) is 25.4. The van der Waals surface area contributed by atoms with E-state index >= 15 is 0 Å². The van der Waals surface area contributed by atoms with Crippen LogP contribution in [0.2, 0.25) is 0 Å². The summed E-state index contributed by atoms with van der Waals surface area (Å²) in [6, 6.07) is 10.2. The lowest BCUT2D eigenvalue weighted by atomic mass is 10.0. The fourth-order valence-corrected chi connectivity index (χ4v) is 3.86. The lowest BCUT2D eigenvalue weighted by Gasteiger charge is -2.12. The van der Waals surface area contributed by atoms with Gasteiger partial charge in [0.25, 0.3) is 0 Å². The average Bonchev–Trinajstić information content (AvgIpc) is 2.81. The Balaban J connectivity index is 1.81. The number of ether oxygens (including phenoxy) is 1. The van der Waals surface area contributed by atoms with Crippen LogP contribution < -0.4 is 4.74 Å². The average molecular weight is 425 g/mol. The van der Waals surface area contributed by atoms with Crippen LogP contribution >= 0.6 is 0 Å². The van der Waals surface area contributed by atoms with Gasteiger partial charge in [-0.15, -0.1) is 0 Å². The van der Waals surface area contributed by atoms with E-state index < -0.39 is 0 Å². The molecule has 1 atom stereocenters. The molecule has 0 fully saturated rings. The molecule has 0 N–H and O–H groups in total. The van der Waals surface area contributed by atoms with Crippen LogP contribution in [0, 0.1) is 5.92 Å². The fourth-order valence-electron chi connectivity index (χ4n) is 3.86. The number of hydrogen-bond donors (Lipinski definition) is 0. The highest BCUT2D eigenvalue weighted by atomic mass is 16.5. The van der Waals surface area contributed by atoms with E-state index in [-0.39, 0.29) is 0 Å². The van der Waals surface area contributed by atoms with Crippen LogP contribution in [-0.4, -0.2) is 16.6 Å². The van der Waals surface area contributed by atoms with Crippen LogP contribution in [0.4, 0.5) is 0 Å². The van der Waals surface area contributed by atoms with E-state index in [1.807, 2.05) is 24.4 Å². The van der Waals surface area contributed by atoms with Crippen molar-refractivity contribution in [1.82, 2.24) is 9.97 Å². The zero-order valence-corrected chi connectivity index (χ0v) is 20.2. The van der Waals surface area contributed by atoms with Gasteiger partial charge in [-0.1, -0.05) is 97.1 Å². The van der Waals surface area contributed by atoms with Gasteiger partial charge >= 0.3 is 0 Å². The molecule has 0 aliphatic carbocycles. The van der Waals surface area contributed by atoms with Crippen molar-refractivity contribution >= 4 is 0 Å². The van der Waals surface area contributed by atoms with Gasteiger partial charge in [-0.05, 0) is 43.4 Å². The third kappa shape index (κ3) is 10.3. The summed E-state index contributed by atoms with van der Waals surface area (Å²) in [5, 5.41) is 0. The molecular formula is C28H44N2O. The van der Waals surface area contributed by atoms with E-state index in [0.717, 1.165) is 48.2 Å². The minimum atomic E-state index is 0.759. The van der Waals surface area contributed by atoms with Crippen LogP contribution in [0.15, 0.2) is 36.5 Å². The highest BCUT2D eigenvalue weighted by Crippen LogP contribution is 2.27. The zero-order chi connectivity index (χ0) is 22.2. The molecule has 0 radical (unpaired) electrons. The first-order valence-electron chi connectivity index (χ1n) is 12.8. The zero-order valence-electron chi connectivity index (χ0n) is 20.2. The Morgan fingerprint density at radius 3 is 2.39 bits per heavy atom. The summed E-state index contributed by atoms with van der Waals surface area (Å²) in [5.41, 5.74) is 2.14. The number of hydrogen-bond acceptors (Lipinski definition) is 3. The van der Waals surface area contributed by atoms with Crippen LogP contribution in [0.25, 0.3) is 11.4 Å². The van der Waals surface area contributed by atoms with Gasteiger partial charge in [-0.2, -0.15) is 0 Å². The van der Waals surface area contributed by atoms with E-state index in [1.165, 1.54) is 70.6 Å². The molecule has 2 aromatic rings. The van der Waals surface area contributed by atoms with Crippen molar-refractivity contribution in [2.24, 2.45) is 5.92 Å². The Hall–Kier alpha value is -1.90. The first-order chi connectivity index (χ1) is 15.2. The molecule has 0 amide bonds. The Kier molecular flexibility index (Phi) is 13.0. The smallest absolute Gasteiger partial charge is 0.163 e. The molecule has 31 heavy (non-hydrogen) atoms. The molecule has 0 aliphatic rings. The summed E-state index contributed by atoms with van der Waals surface area (Å²) in [7, 11) is 0. The second kappa shape index (κ2) is 15.8. The van der Waals surface area contributed by atoms with Crippen molar-refractivity contribution in [2.75, 3.05) is 6.61 Å². The normalized spacial score (nSPS) is 12.1. The molecule has 1 heterocycles. The molecule has 1 unspecified atom stereocenters. The Labute approximate surface area is 191 Å². The predicted molar refractivity (Wildman–Crippen MR) is 133 cm³/mol. The molecule has 0 spiro atoms. The maximum absolute atomic E-state index is 6.13. The molecule has 0 saturated heterocycles. The number of rotatable bonds is 17. The van der Waals surface area contributed by atoms with Gasteiger partial charge in [0.15, 0.2) is 5.82 Å². The molecule has 3 heteroatoms. The minimum Gasteiger partial charge on any atom is -0.493 e. The van der Waals surface area contributed by atoms with E-state index in [2.05, 4.69) is 37.9 Å². The Morgan fingerprint density at radius 1 is 0.839 bits per heavy atom. The van der Waals surface area contributed by atoms with Gasteiger partial charge in [0.2, 0.25) is 0 Å². The highest BCUT2D eigenvalue weighted by Gasteiger charge is 2.09. The lowest BCUT2D eigenvalue weighted by Crippen LogP contribution is -2.01. The Morgan fingerprint density at radius 2 is 1.58 bits per heavy atom. The van der Waals surface area contributed by atoms with Gasteiger partial charge < -0.3 is 4.74 Å². The highest BCUT2D eigenvalue weighted by molar-refractivity contribution is 5.63. The van der Waals surface area contributed by atoms with Crippen LogP contribution in [0.5, 0.6) is 5.75 Å². The fraction of sp³-hybridized carbons (Fsp3) is 0.643. The van der Waals surface area contributed by atoms with Crippen molar-refractivity contribution in [3.8, 4) is 17.1 Å². The molecule has 0 bridgehead atoms. The summed E-state index contributed by atoms with van der Waals surface area (Å²) < 4.78 is 6.13. The van der Waals surface area contributed by atoms with Crippen molar-refractivity contribution in [1.29, 1.82) is 0 Å². The summed E-state index contributed by atoms with van der Waals surface area (Å²) >= 11 is 0. The number of aromatic nitrogens is 2. The standard InChI is InChI=1S/C28H44N2O/c1-4-6-7-8-9-10-13-18-25-21-22-29-28(30-25)26-19-14-15-20-27(26)31-23-16-11-12-17-24(3)5-2/h14-15,19-22,24H,4-13,16-18,23H2,1-3H3. The van der Waals surface area contributed by atoms with E-state index in [0.29, 0.717) is 0 Å². The summed E-state index contributed by atoms with van der Waals surface area (Å²) in [5.74, 6) is 2.53. The number of benzene rings is 1. The molecule has 0 saturated carbocycles. The third-order valence-corrected chi connectivity index (χ3v) is 6.17. The van der Waals surface area contributed by atoms with Crippen molar-refractivity contribution in [3.63, 3.8) is 0 Å².